The Balaban J connectivity index is 1.97. The number of Topliss-reactive ketones (excluding diaryl/α,β-unsaturated/α-hetero) is 1. The number of nitrogens with zero attached hydrogens (tertiary/aromatic N) is 1. The van der Waals surface area contributed by atoms with Crippen molar-refractivity contribution in [3.8, 4) is 6.07 Å². The van der Waals surface area contributed by atoms with E-state index in [2.05, 4.69) is 11.4 Å². The Bertz CT molecular complexity index is 997. The highest BCUT2D eigenvalue weighted by atomic mass is 35.5. The molecule has 3 atom stereocenters. The molecule has 0 saturated heterocycles. The highest BCUT2D eigenvalue weighted by Crippen LogP contribution is 2.55. The van der Waals surface area contributed by atoms with Gasteiger partial charge in [0.05, 0.1) is 17.7 Å². The third kappa shape index (κ3) is 2.56. The number of amides is 1. The van der Waals surface area contributed by atoms with Crippen LogP contribution in [-0.2, 0) is 19.7 Å². The summed E-state index contributed by atoms with van der Waals surface area (Å²) in [5, 5.41) is 12.7. The number of hydrogen-bond donors (Lipinski definition) is 1. The molecule has 136 valence electrons. The van der Waals surface area contributed by atoms with E-state index in [9.17, 15) is 14.9 Å². The van der Waals surface area contributed by atoms with Crippen molar-refractivity contribution in [2.45, 2.75) is 30.3 Å². The zero-order valence-electron chi connectivity index (χ0n) is 14.7. The van der Waals surface area contributed by atoms with E-state index < -0.39 is 17.4 Å². The first kappa shape index (κ1) is 17.7. The average molecular weight is 381 g/mol. The first-order valence-corrected chi connectivity index (χ1v) is 9.04. The van der Waals surface area contributed by atoms with Crippen molar-refractivity contribution in [1.29, 1.82) is 5.26 Å². The third-order valence-corrected chi connectivity index (χ3v) is 5.89. The SMILES string of the molecule is CO[C@H]1CC(=O)C[C@@H](c2cccc(C#N)c2)[C@]12C(=O)Nc1cc(Cl)ccc12. The molecule has 1 amide bonds. The van der Waals surface area contributed by atoms with Gasteiger partial charge in [-0.05, 0) is 35.4 Å². The van der Waals surface area contributed by atoms with Gasteiger partial charge >= 0.3 is 0 Å². The third-order valence-electron chi connectivity index (χ3n) is 5.66. The van der Waals surface area contributed by atoms with Gasteiger partial charge in [0.2, 0.25) is 5.91 Å². The molecule has 6 heteroatoms. The quantitative estimate of drug-likeness (QED) is 0.863. The van der Waals surface area contributed by atoms with Gasteiger partial charge in [-0.3, -0.25) is 9.59 Å². The number of ketones is 1. The number of rotatable bonds is 2. The standard InChI is InChI=1S/C21H17ClN2O3/c1-27-19-10-15(25)9-17(13-4-2-3-12(7-13)11-23)21(19)16-6-5-14(22)8-18(16)24-20(21)26/h2-8,17,19H,9-10H2,1H3,(H,24,26)/t17-,19-,21-/m0/s1. The number of nitrogens with one attached hydrogen (secondary N) is 1. The molecule has 1 saturated carbocycles. The maximum Gasteiger partial charge on any atom is 0.238 e. The lowest BCUT2D eigenvalue weighted by atomic mass is 9.59. The average Bonchev–Trinajstić information content (AvgIpc) is 2.95. The smallest absolute Gasteiger partial charge is 0.238 e. The number of ether oxygens (including phenoxy) is 1. The van der Waals surface area contributed by atoms with Gasteiger partial charge in [-0.25, -0.2) is 0 Å². The number of methoxy groups -OCH3 is 1. The molecule has 0 bridgehead atoms. The molecule has 0 unspecified atom stereocenters. The lowest BCUT2D eigenvalue weighted by Crippen LogP contribution is -2.55. The molecule has 1 aliphatic carbocycles. The van der Waals surface area contributed by atoms with Crippen molar-refractivity contribution in [3.63, 3.8) is 0 Å². The molecule has 1 fully saturated rings. The molecule has 2 aromatic rings. The summed E-state index contributed by atoms with van der Waals surface area (Å²) in [4.78, 5) is 25.8. The van der Waals surface area contributed by atoms with Crippen molar-refractivity contribution < 1.29 is 14.3 Å². The zero-order chi connectivity index (χ0) is 19.2. The van der Waals surface area contributed by atoms with E-state index in [4.69, 9.17) is 16.3 Å². The fraction of sp³-hybridized carbons (Fsp3) is 0.286. The van der Waals surface area contributed by atoms with Crippen LogP contribution in [0.4, 0.5) is 5.69 Å². The summed E-state index contributed by atoms with van der Waals surface area (Å²) in [6.07, 6.45) is -0.220. The van der Waals surface area contributed by atoms with Crippen molar-refractivity contribution in [2.24, 2.45) is 0 Å². The Morgan fingerprint density at radius 3 is 2.78 bits per heavy atom. The van der Waals surface area contributed by atoms with Crippen LogP contribution in [0.1, 0.15) is 35.4 Å². The number of halogens is 1. The van der Waals surface area contributed by atoms with E-state index in [0.29, 0.717) is 16.3 Å². The summed E-state index contributed by atoms with van der Waals surface area (Å²) in [5.74, 6) is -0.596. The molecular weight excluding hydrogens is 364 g/mol. The highest BCUT2D eigenvalue weighted by Gasteiger charge is 2.60. The van der Waals surface area contributed by atoms with Crippen molar-refractivity contribution in [3.05, 3.63) is 64.2 Å². The summed E-state index contributed by atoms with van der Waals surface area (Å²) < 4.78 is 5.69. The topological polar surface area (TPSA) is 79.2 Å². The summed E-state index contributed by atoms with van der Waals surface area (Å²) >= 11 is 6.11. The van der Waals surface area contributed by atoms with Gasteiger partial charge in [-0.2, -0.15) is 5.26 Å². The van der Waals surface area contributed by atoms with Crippen LogP contribution in [0.25, 0.3) is 0 Å². The summed E-state index contributed by atoms with van der Waals surface area (Å²) in [7, 11) is 1.52. The molecule has 4 rings (SSSR count). The first-order chi connectivity index (χ1) is 13.0. The number of nitriles is 1. The van der Waals surface area contributed by atoms with Crippen LogP contribution in [-0.4, -0.2) is 24.9 Å². The number of anilines is 1. The van der Waals surface area contributed by atoms with E-state index in [1.807, 2.05) is 12.1 Å². The number of carbonyl (C=O) groups is 2. The van der Waals surface area contributed by atoms with Gasteiger partial charge < -0.3 is 10.1 Å². The Morgan fingerprint density at radius 1 is 1.22 bits per heavy atom. The van der Waals surface area contributed by atoms with Crippen LogP contribution in [0.2, 0.25) is 5.02 Å². The van der Waals surface area contributed by atoms with Gasteiger partial charge in [0.25, 0.3) is 0 Å². The van der Waals surface area contributed by atoms with Crippen LogP contribution in [0.3, 0.4) is 0 Å². The second kappa shape index (κ2) is 6.49. The summed E-state index contributed by atoms with van der Waals surface area (Å²) in [6, 6.07) is 14.5. The maximum absolute atomic E-state index is 13.3. The molecule has 1 aliphatic heterocycles. The van der Waals surface area contributed by atoms with Crippen LogP contribution < -0.4 is 5.32 Å². The van der Waals surface area contributed by atoms with E-state index in [1.54, 1.807) is 30.3 Å². The normalized spacial score (nSPS) is 26.6. The Morgan fingerprint density at radius 2 is 2.04 bits per heavy atom. The maximum atomic E-state index is 13.3. The second-order valence-electron chi connectivity index (χ2n) is 6.97. The first-order valence-electron chi connectivity index (χ1n) is 8.66. The zero-order valence-corrected chi connectivity index (χ0v) is 15.4. The fourth-order valence-electron chi connectivity index (χ4n) is 4.53. The number of carbonyl (C=O) groups excluding carboxylic acids is 2. The van der Waals surface area contributed by atoms with Gasteiger partial charge in [0.15, 0.2) is 0 Å². The number of hydrogen-bond acceptors (Lipinski definition) is 4. The van der Waals surface area contributed by atoms with Crippen LogP contribution in [0.5, 0.6) is 0 Å². The predicted molar refractivity (Wildman–Crippen MR) is 101 cm³/mol. The molecule has 0 aromatic heterocycles. The minimum Gasteiger partial charge on any atom is -0.379 e. The molecular formula is C21H17ClN2O3. The van der Waals surface area contributed by atoms with Crippen LogP contribution >= 0.6 is 11.6 Å². The Kier molecular flexibility index (Phi) is 4.26. The van der Waals surface area contributed by atoms with Crippen LogP contribution in [0, 0.1) is 11.3 Å². The van der Waals surface area contributed by atoms with E-state index in [1.165, 1.54) is 7.11 Å². The second-order valence-corrected chi connectivity index (χ2v) is 7.41. The van der Waals surface area contributed by atoms with E-state index >= 15 is 0 Å². The lowest BCUT2D eigenvalue weighted by molar-refractivity contribution is -0.137. The minimum absolute atomic E-state index is 0.0371. The monoisotopic (exact) mass is 380 g/mol. The van der Waals surface area contributed by atoms with E-state index in [-0.39, 0.29) is 24.5 Å². The largest absolute Gasteiger partial charge is 0.379 e. The van der Waals surface area contributed by atoms with Gasteiger partial charge in [0, 0.05) is 36.6 Å². The minimum atomic E-state index is -1.04. The van der Waals surface area contributed by atoms with Crippen molar-refractivity contribution in [1.82, 2.24) is 0 Å². The molecule has 27 heavy (non-hydrogen) atoms. The Labute approximate surface area is 161 Å². The molecule has 2 aliphatic rings. The summed E-state index contributed by atoms with van der Waals surface area (Å²) in [5.41, 5.74) is 1.65. The molecule has 2 aromatic carbocycles. The number of fused-ring (bicyclic) bond motifs is 2. The molecule has 0 radical (unpaired) electrons. The molecule has 5 nitrogen and oxygen atoms in total. The summed E-state index contributed by atoms with van der Waals surface area (Å²) in [6.45, 7) is 0. The van der Waals surface area contributed by atoms with Crippen molar-refractivity contribution >= 4 is 29.0 Å². The van der Waals surface area contributed by atoms with Crippen molar-refractivity contribution in [2.75, 3.05) is 12.4 Å². The van der Waals surface area contributed by atoms with Crippen LogP contribution in [0.15, 0.2) is 42.5 Å². The molecule has 1 N–H and O–H groups in total. The number of benzene rings is 2. The lowest BCUT2D eigenvalue weighted by Gasteiger charge is -2.44. The predicted octanol–water partition coefficient (Wildman–Crippen LogP) is 3.56. The van der Waals surface area contributed by atoms with Gasteiger partial charge in [-0.15, -0.1) is 0 Å². The van der Waals surface area contributed by atoms with Gasteiger partial charge in [-0.1, -0.05) is 29.8 Å². The Hall–Kier alpha value is -2.68. The van der Waals surface area contributed by atoms with E-state index in [0.717, 1.165) is 11.1 Å². The van der Waals surface area contributed by atoms with Gasteiger partial charge in [0.1, 0.15) is 11.2 Å². The highest BCUT2D eigenvalue weighted by molar-refractivity contribution is 6.31. The molecule has 1 heterocycles. The fourth-order valence-corrected chi connectivity index (χ4v) is 4.71. The molecule has 1 spiro atoms.